The molecule has 55 heavy (non-hydrogen) atoms. The van der Waals surface area contributed by atoms with Gasteiger partial charge in [0.05, 0.1) is 41.9 Å². The molecule has 2 saturated carbocycles. The summed E-state index contributed by atoms with van der Waals surface area (Å²) in [6.45, 7) is 11.4. The van der Waals surface area contributed by atoms with E-state index in [9.17, 15) is 24.0 Å². The first-order valence-corrected chi connectivity index (χ1v) is 20.2. The summed E-state index contributed by atoms with van der Waals surface area (Å²) in [5, 5.41) is 6.32. The molecular formula is C41H55FN6O7. The Morgan fingerprint density at radius 1 is 0.927 bits per heavy atom. The van der Waals surface area contributed by atoms with Crippen molar-refractivity contribution in [2.45, 2.75) is 101 Å². The van der Waals surface area contributed by atoms with E-state index in [-0.39, 0.29) is 36.1 Å². The summed E-state index contributed by atoms with van der Waals surface area (Å²) in [7, 11) is 2.13. The number of hydrogen-bond donors (Lipinski definition) is 2. The van der Waals surface area contributed by atoms with Gasteiger partial charge in [-0.25, -0.2) is 9.18 Å². The number of nitrogens with one attached hydrogen (secondary N) is 2. The molecule has 3 aliphatic carbocycles. The van der Waals surface area contributed by atoms with Crippen molar-refractivity contribution in [2.24, 2.45) is 17.8 Å². The van der Waals surface area contributed by atoms with Crippen LogP contribution in [0.3, 0.4) is 0 Å². The number of halogens is 1. The highest BCUT2D eigenvalue weighted by Gasteiger charge is 2.61. The number of hydrogen-bond acceptors (Lipinski definition) is 11. The standard InChI is InChI=1S/C41H55FN6O7/c1-41(2,3)55-40(53)44-23-10-13-47(21-23)39(52)29-22-48-31-19-26-27(36(50)25-9-6-5-8-24(25)35(26)49)20-32(31)54-38-33(30(42)18-28(34(38)48)37(29)51)43-11-7-12-46-16-14-45(4)15-17-46/h5-6,8-9,22-23,26-28,30-34,38,43H,7,10-21H2,1-4H3,(H,44,53). The lowest BCUT2D eigenvalue weighted by atomic mass is 9.63. The molecule has 298 valence electrons. The number of likely N-dealkylation sites (N-methyl/N-ethyl adjacent to an activating group) is 1. The van der Waals surface area contributed by atoms with Crippen LogP contribution in [0.15, 0.2) is 36.0 Å². The summed E-state index contributed by atoms with van der Waals surface area (Å²) in [5.74, 6) is -2.95. The fraction of sp³-hybridized carbons (Fsp3) is 0.683. The lowest BCUT2D eigenvalue weighted by Gasteiger charge is -2.60. The molecular weight excluding hydrogens is 707 g/mol. The van der Waals surface area contributed by atoms with Crippen LogP contribution in [0.5, 0.6) is 0 Å². The average Bonchev–Trinajstić information content (AvgIpc) is 3.61. The third kappa shape index (κ3) is 7.35. The van der Waals surface area contributed by atoms with Gasteiger partial charge in [0, 0.05) is 74.3 Å². The van der Waals surface area contributed by atoms with Crippen molar-refractivity contribution in [1.29, 1.82) is 0 Å². The van der Waals surface area contributed by atoms with E-state index in [0.717, 1.165) is 39.1 Å². The number of likely N-dealkylation sites (tertiary alicyclic amines) is 1. The number of morpholine rings is 1. The van der Waals surface area contributed by atoms with Crippen molar-refractivity contribution < 1.29 is 37.8 Å². The lowest BCUT2D eigenvalue weighted by molar-refractivity contribution is -0.203. The predicted molar refractivity (Wildman–Crippen MR) is 200 cm³/mol. The van der Waals surface area contributed by atoms with Gasteiger partial charge >= 0.3 is 6.09 Å². The van der Waals surface area contributed by atoms with E-state index in [1.165, 1.54) is 0 Å². The Hall–Kier alpha value is -3.72. The molecule has 13 nitrogen and oxygen atoms in total. The Morgan fingerprint density at radius 3 is 2.31 bits per heavy atom. The Kier molecular flexibility index (Phi) is 10.4. The number of amides is 2. The van der Waals surface area contributed by atoms with E-state index in [0.29, 0.717) is 43.5 Å². The topological polar surface area (TPSA) is 141 Å². The number of alkyl halides is 1. The Labute approximate surface area is 322 Å². The van der Waals surface area contributed by atoms with Gasteiger partial charge in [0.2, 0.25) is 0 Å². The summed E-state index contributed by atoms with van der Waals surface area (Å²) in [6.07, 6.45) is 0.354. The molecule has 0 radical (unpaired) electrons. The first-order valence-electron chi connectivity index (χ1n) is 20.2. The van der Waals surface area contributed by atoms with Crippen LogP contribution in [-0.4, -0.2) is 157 Å². The molecule has 2 amide bonds. The highest BCUT2D eigenvalue weighted by molar-refractivity contribution is 6.21. The minimum atomic E-state index is -1.40. The maximum absolute atomic E-state index is 16.5. The number of carbonyl (C=O) groups is 5. The molecule has 10 unspecified atom stereocenters. The van der Waals surface area contributed by atoms with E-state index in [4.69, 9.17) is 9.47 Å². The van der Waals surface area contributed by atoms with Gasteiger partial charge in [-0.3, -0.25) is 19.2 Å². The van der Waals surface area contributed by atoms with Crippen LogP contribution in [0, 0.1) is 17.8 Å². The van der Waals surface area contributed by atoms with Crippen molar-refractivity contribution in [2.75, 3.05) is 59.4 Å². The number of rotatable bonds is 7. The van der Waals surface area contributed by atoms with Crippen molar-refractivity contribution in [3.8, 4) is 0 Å². The minimum Gasteiger partial charge on any atom is -0.444 e. The first kappa shape index (κ1) is 38.2. The normalized spacial score (nSPS) is 35.0. The molecule has 1 aromatic carbocycles. The van der Waals surface area contributed by atoms with Crippen LogP contribution in [-0.2, 0) is 19.1 Å². The van der Waals surface area contributed by atoms with Gasteiger partial charge in [-0.2, -0.15) is 0 Å². The van der Waals surface area contributed by atoms with Crippen LogP contribution in [0.1, 0.15) is 73.6 Å². The van der Waals surface area contributed by atoms with E-state index in [1.54, 1.807) is 56.1 Å². The van der Waals surface area contributed by atoms with Crippen molar-refractivity contribution >= 4 is 29.4 Å². The fourth-order valence-electron chi connectivity index (χ4n) is 10.3. The SMILES string of the molecule is CN1CCN(CCCNC2C(F)CC3C(=O)C(C(=O)N4CCC(NC(=O)OC(C)(C)C)C4)=CN4C5CC6C(=O)c7ccccc7C(=O)C6CC5OC2C34)CC1. The van der Waals surface area contributed by atoms with Crippen molar-refractivity contribution in [1.82, 2.24) is 30.2 Å². The number of Topliss-reactive ketones (excluding diaryl/α,β-unsaturated/α-hetero) is 3. The van der Waals surface area contributed by atoms with Gasteiger partial charge in [0.15, 0.2) is 17.3 Å². The average molecular weight is 763 g/mol. The van der Waals surface area contributed by atoms with E-state index in [2.05, 4.69) is 27.5 Å². The Bertz CT molecular complexity index is 1740. The number of fused-ring (bicyclic) bond motifs is 4. The van der Waals surface area contributed by atoms with Crippen LogP contribution >= 0.6 is 0 Å². The molecule has 2 N–H and O–H groups in total. The molecule has 0 bridgehead atoms. The zero-order chi connectivity index (χ0) is 38.8. The molecule has 8 rings (SSSR count). The molecule has 5 fully saturated rings. The van der Waals surface area contributed by atoms with Gasteiger partial charge in [0.1, 0.15) is 11.8 Å². The summed E-state index contributed by atoms with van der Waals surface area (Å²) < 4.78 is 28.8. The summed E-state index contributed by atoms with van der Waals surface area (Å²) in [4.78, 5) is 77.2. The molecule has 7 aliphatic rings. The number of ketones is 3. The third-order valence-corrected chi connectivity index (χ3v) is 13.0. The third-order valence-electron chi connectivity index (χ3n) is 13.0. The Morgan fingerprint density at radius 2 is 1.62 bits per heavy atom. The van der Waals surface area contributed by atoms with Gasteiger partial charge in [0.25, 0.3) is 5.91 Å². The van der Waals surface area contributed by atoms with Crippen molar-refractivity contribution in [3.05, 3.63) is 47.2 Å². The molecule has 1 aromatic rings. The number of ether oxygens (including phenoxy) is 2. The Balaban J connectivity index is 1.05. The van der Waals surface area contributed by atoms with Crippen LogP contribution in [0.4, 0.5) is 9.18 Å². The second kappa shape index (κ2) is 15.0. The molecule has 0 spiro atoms. The van der Waals surface area contributed by atoms with E-state index in [1.807, 2.05) is 4.90 Å². The fourth-order valence-corrected chi connectivity index (χ4v) is 10.3. The maximum atomic E-state index is 16.5. The minimum absolute atomic E-state index is 0.0112. The van der Waals surface area contributed by atoms with Crippen LogP contribution < -0.4 is 10.6 Å². The van der Waals surface area contributed by atoms with Gasteiger partial charge in [-0.05, 0) is 73.0 Å². The zero-order valence-corrected chi connectivity index (χ0v) is 32.4. The summed E-state index contributed by atoms with van der Waals surface area (Å²) >= 11 is 0. The molecule has 4 aliphatic heterocycles. The second-order valence-electron chi connectivity index (χ2n) is 17.7. The highest BCUT2D eigenvalue weighted by atomic mass is 19.1. The lowest BCUT2D eigenvalue weighted by Crippen LogP contribution is -2.73. The first-order chi connectivity index (χ1) is 26.3. The summed E-state index contributed by atoms with van der Waals surface area (Å²) in [5.41, 5.74) is 0.182. The van der Waals surface area contributed by atoms with E-state index < -0.39 is 77.6 Å². The largest absolute Gasteiger partial charge is 0.444 e. The van der Waals surface area contributed by atoms with Crippen molar-refractivity contribution in [3.63, 3.8) is 0 Å². The number of benzene rings is 1. The smallest absolute Gasteiger partial charge is 0.407 e. The monoisotopic (exact) mass is 762 g/mol. The summed E-state index contributed by atoms with van der Waals surface area (Å²) in [6, 6.07) is 5.00. The predicted octanol–water partition coefficient (Wildman–Crippen LogP) is 2.44. The molecule has 3 saturated heterocycles. The molecule has 10 atom stereocenters. The highest BCUT2D eigenvalue weighted by Crippen LogP contribution is 2.50. The zero-order valence-electron chi connectivity index (χ0n) is 32.4. The number of alkyl carbamates (subject to hydrolysis) is 1. The van der Waals surface area contributed by atoms with Crippen LogP contribution in [0.2, 0.25) is 0 Å². The van der Waals surface area contributed by atoms with Gasteiger partial charge in [-0.1, -0.05) is 24.3 Å². The van der Waals surface area contributed by atoms with E-state index >= 15 is 4.39 Å². The van der Waals surface area contributed by atoms with Gasteiger partial charge in [-0.15, -0.1) is 0 Å². The molecule has 4 heterocycles. The second-order valence-corrected chi connectivity index (χ2v) is 17.7. The maximum Gasteiger partial charge on any atom is 0.407 e. The number of nitrogens with zero attached hydrogens (tertiary/aromatic N) is 4. The molecule has 14 heteroatoms. The quantitative estimate of drug-likeness (QED) is 0.313. The van der Waals surface area contributed by atoms with Crippen LogP contribution in [0.25, 0.3) is 0 Å². The molecule has 0 aromatic heterocycles. The number of carbonyl (C=O) groups excluding carboxylic acids is 5. The van der Waals surface area contributed by atoms with Gasteiger partial charge < -0.3 is 39.7 Å². The number of piperazine rings is 1.